The van der Waals surface area contributed by atoms with Crippen LogP contribution in [0.5, 0.6) is 0 Å². The molecule has 0 atom stereocenters. The first-order chi connectivity index (χ1) is 11.7. The van der Waals surface area contributed by atoms with Crippen molar-refractivity contribution < 1.29 is 4.42 Å². The average molecular weight is 313 g/mol. The van der Waals surface area contributed by atoms with Gasteiger partial charge in [-0.1, -0.05) is 50.2 Å². The third kappa shape index (κ3) is 1.60. The number of benzene rings is 3. The van der Waals surface area contributed by atoms with Crippen molar-refractivity contribution >= 4 is 43.7 Å². The Bertz CT molecular complexity index is 1240. The van der Waals surface area contributed by atoms with Crippen LogP contribution in [0.15, 0.2) is 59.0 Å². The fraction of sp³-hybridized carbons (Fsp3) is 0.182. The summed E-state index contributed by atoms with van der Waals surface area (Å²) < 4.78 is 8.57. The van der Waals surface area contributed by atoms with E-state index in [4.69, 9.17) is 4.42 Å². The molecule has 5 rings (SSSR count). The summed E-state index contributed by atoms with van der Waals surface area (Å²) in [5, 5.41) is 5.05. The van der Waals surface area contributed by atoms with Gasteiger partial charge in [0.1, 0.15) is 5.58 Å². The van der Waals surface area contributed by atoms with E-state index in [1.54, 1.807) is 0 Å². The number of nitrogens with zero attached hydrogens (tertiary/aromatic N) is 1. The van der Waals surface area contributed by atoms with Crippen LogP contribution in [-0.2, 0) is 7.05 Å². The highest BCUT2D eigenvalue weighted by molar-refractivity contribution is 6.22. The zero-order valence-electron chi connectivity index (χ0n) is 14.1. The van der Waals surface area contributed by atoms with Gasteiger partial charge < -0.3 is 8.98 Å². The van der Waals surface area contributed by atoms with Gasteiger partial charge in [0.2, 0.25) is 0 Å². The number of rotatable bonds is 1. The predicted octanol–water partition coefficient (Wildman–Crippen LogP) is 6.35. The van der Waals surface area contributed by atoms with Gasteiger partial charge in [-0.2, -0.15) is 0 Å². The minimum atomic E-state index is 0.455. The van der Waals surface area contributed by atoms with Gasteiger partial charge in [0.05, 0.1) is 5.52 Å². The summed E-state index contributed by atoms with van der Waals surface area (Å²) >= 11 is 0. The molecule has 3 aromatic carbocycles. The molecule has 2 nitrogen and oxygen atoms in total. The van der Waals surface area contributed by atoms with Crippen LogP contribution in [0.4, 0.5) is 0 Å². The van der Waals surface area contributed by atoms with Gasteiger partial charge in [0.15, 0.2) is 5.58 Å². The molecule has 0 saturated heterocycles. The van der Waals surface area contributed by atoms with E-state index in [9.17, 15) is 0 Å². The number of hydrogen-bond acceptors (Lipinski definition) is 1. The zero-order valence-corrected chi connectivity index (χ0v) is 14.1. The smallest absolute Gasteiger partial charge is 0.159 e. The highest BCUT2D eigenvalue weighted by Gasteiger charge is 2.20. The summed E-state index contributed by atoms with van der Waals surface area (Å²) in [7, 11) is 2.14. The fourth-order valence-electron chi connectivity index (χ4n) is 4.02. The van der Waals surface area contributed by atoms with Gasteiger partial charge >= 0.3 is 0 Å². The Balaban J connectivity index is 2.16. The first-order valence-corrected chi connectivity index (χ1v) is 8.48. The van der Waals surface area contributed by atoms with Crippen molar-refractivity contribution in [3.8, 4) is 0 Å². The zero-order chi connectivity index (χ0) is 16.4. The third-order valence-corrected chi connectivity index (χ3v) is 5.17. The lowest BCUT2D eigenvalue weighted by molar-refractivity contribution is 0.670. The summed E-state index contributed by atoms with van der Waals surface area (Å²) in [5.74, 6) is 0.455. The normalized spacial score (nSPS) is 12.3. The average Bonchev–Trinajstić information content (AvgIpc) is 3.11. The Morgan fingerprint density at radius 1 is 0.875 bits per heavy atom. The Hall–Kier alpha value is -2.74. The van der Waals surface area contributed by atoms with Crippen molar-refractivity contribution in [2.75, 3.05) is 0 Å². The molecule has 0 aliphatic heterocycles. The Kier molecular flexibility index (Phi) is 2.64. The predicted molar refractivity (Wildman–Crippen MR) is 102 cm³/mol. The van der Waals surface area contributed by atoms with E-state index in [0.717, 1.165) is 11.2 Å². The standard InChI is InChI=1S/C22H19NO/c1-13(2)16-12-17-14-8-5-7-11-19(14)24-22(17)21-20(16)15-9-4-6-10-18(15)23(21)3/h4-13H,1-3H3. The van der Waals surface area contributed by atoms with E-state index in [-0.39, 0.29) is 0 Å². The minimum absolute atomic E-state index is 0.455. The number of aryl methyl sites for hydroxylation is 1. The van der Waals surface area contributed by atoms with E-state index < -0.39 is 0 Å². The van der Waals surface area contributed by atoms with Crippen molar-refractivity contribution in [2.45, 2.75) is 19.8 Å². The highest BCUT2D eigenvalue weighted by atomic mass is 16.3. The maximum Gasteiger partial charge on any atom is 0.159 e. The van der Waals surface area contributed by atoms with Crippen molar-refractivity contribution in [3.63, 3.8) is 0 Å². The van der Waals surface area contributed by atoms with Crippen molar-refractivity contribution in [3.05, 3.63) is 60.2 Å². The second-order valence-electron chi connectivity index (χ2n) is 6.90. The maximum absolute atomic E-state index is 6.29. The molecule has 2 heteroatoms. The molecule has 24 heavy (non-hydrogen) atoms. The number of para-hydroxylation sites is 2. The molecule has 2 aromatic heterocycles. The number of furan rings is 1. The summed E-state index contributed by atoms with van der Waals surface area (Å²) in [6.07, 6.45) is 0. The first kappa shape index (κ1) is 13.7. The Labute approximate surface area is 140 Å². The van der Waals surface area contributed by atoms with Crippen LogP contribution in [0.3, 0.4) is 0 Å². The molecule has 0 N–H and O–H groups in total. The molecule has 0 aliphatic rings. The summed E-state index contributed by atoms with van der Waals surface area (Å²) in [6.45, 7) is 4.54. The van der Waals surface area contributed by atoms with E-state index in [1.165, 1.54) is 38.1 Å². The van der Waals surface area contributed by atoms with Crippen LogP contribution >= 0.6 is 0 Å². The van der Waals surface area contributed by atoms with Crippen molar-refractivity contribution in [1.82, 2.24) is 4.57 Å². The molecule has 0 fully saturated rings. The molecule has 118 valence electrons. The lowest BCUT2D eigenvalue weighted by atomic mass is 9.95. The van der Waals surface area contributed by atoms with Crippen LogP contribution in [0.2, 0.25) is 0 Å². The molecule has 0 aliphatic carbocycles. The fourth-order valence-corrected chi connectivity index (χ4v) is 4.02. The van der Waals surface area contributed by atoms with E-state index in [2.05, 4.69) is 74.0 Å². The number of fused-ring (bicyclic) bond motifs is 7. The largest absolute Gasteiger partial charge is 0.454 e. The molecule has 2 heterocycles. The van der Waals surface area contributed by atoms with Gasteiger partial charge in [0, 0.05) is 34.1 Å². The van der Waals surface area contributed by atoms with Crippen LogP contribution in [0, 0.1) is 0 Å². The van der Waals surface area contributed by atoms with Gasteiger partial charge in [-0.05, 0) is 29.7 Å². The quantitative estimate of drug-likeness (QED) is 0.352. The number of hydrogen-bond donors (Lipinski definition) is 0. The topological polar surface area (TPSA) is 18.1 Å². The van der Waals surface area contributed by atoms with E-state index >= 15 is 0 Å². The molecule has 5 aromatic rings. The lowest BCUT2D eigenvalue weighted by Crippen LogP contribution is -1.91. The maximum atomic E-state index is 6.29. The molecular formula is C22H19NO. The van der Waals surface area contributed by atoms with Crippen LogP contribution in [0.1, 0.15) is 25.3 Å². The molecule has 0 spiro atoms. The Morgan fingerprint density at radius 2 is 1.58 bits per heavy atom. The third-order valence-electron chi connectivity index (χ3n) is 5.17. The van der Waals surface area contributed by atoms with E-state index in [1.807, 2.05) is 6.07 Å². The first-order valence-electron chi connectivity index (χ1n) is 8.48. The monoisotopic (exact) mass is 313 g/mol. The van der Waals surface area contributed by atoms with E-state index in [0.29, 0.717) is 5.92 Å². The van der Waals surface area contributed by atoms with Gasteiger partial charge in [-0.15, -0.1) is 0 Å². The van der Waals surface area contributed by atoms with Gasteiger partial charge in [-0.3, -0.25) is 0 Å². The highest BCUT2D eigenvalue weighted by Crippen LogP contribution is 2.42. The summed E-state index contributed by atoms with van der Waals surface area (Å²) in [5.41, 5.74) is 5.80. The van der Waals surface area contributed by atoms with Crippen LogP contribution in [-0.4, -0.2) is 4.57 Å². The second kappa shape index (κ2) is 4.64. The SMILES string of the molecule is CC(C)c1cc2c3ccccc3oc2c2c1c1ccccc1n2C. The van der Waals surface area contributed by atoms with Gasteiger partial charge in [0.25, 0.3) is 0 Å². The molecule has 0 bridgehead atoms. The molecule has 0 saturated carbocycles. The van der Waals surface area contributed by atoms with Crippen molar-refractivity contribution in [2.24, 2.45) is 7.05 Å². The molecule has 0 amide bonds. The molecular weight excluding hydrogens is 294 g/mol. The Morgan fingerprint density at radius 3 is 2.38 bits per heavy atom. The second-order valence-corrected chi connectivity index (χ2v) is 6.90. The van der Waals surface area contributed by atoms with Gasteiger partial charge in [-0.25, -0.2) is 0 Å². The number of aromatic nitrogens is 1. The minimum Gasteiger partial charge on any atom is -0.454 e. The lowest BCUT2D eigenvalue weighted by Gasteiger charge is -2.09. The summed E-state index contributed by atoms with van der Waals surface area (Å²) in [4.78, 5) is 0. The summed E-state index contributed by atoms with van der Waals surface area (Å²) in [6, 6.07) is 19.3. The van der Waals surface area contributed by atoms with Crippen LogP contribution < -0.4 is 0 Å². The molecule has 0 radical (unpaired) electrons. The molecule has 0 unspecified atom stereocenters. The van der Waals surface area contributed by atoms with Crippen molar-refractivity contribution in [1.29, 1.82) is 0 Å². The van der Waals surface area contributed by atoms with Crippen LogP contribution in [0.25, 0.3) is 43.7 Å².